The third kappa shape index (κ3) is 5.47. The van der Waals surface area contributed by atoms with Crippen LogP contribution in [0.25, 0.3) is 22.2 Å². The molecule has 3 aromatic rings. The lowest BCUT2D eigenvalue weighted by molar-refractivity contribution is -0.160. The highest BCUT2D eigenvalue weighted by atomic mass is 16.6. The first-order valence-corrected chi connectivity index (χ1v) is 12.4. The third-order valence-electron chi connectivity index (χ3n) is 6.94. The number of amides is 1. The summed E-state index contributed by atoms with van der Waals surface area (Å²) in [6.45, 7) is 7.37. The standard InChI is InChI=1S/C28H34N4O5/c1-18(2)14-35-27(3)15-31-16-28(25(30)33,36-17-27)22(13-29)11-19-5-7-20(8-6-19)21-9-10-24-23(12-21)32(4)26(34)37-24/h5-10,12,18,22,31H,11,14-17H2,1-4H3,(H2,30,33)/t22-,27?,28?/m0/s1. The molecule has 2 heterocycles. The van der Waals surface area contributed by atoms with Crippen molar-refractivity contribution in [1.82, 2.24) is 9.88 Å². The Morgan fingerprint density at radius 3 is 2.57 bits per heavy atom. The van der Waals surface area contributed by atoms with Gasteiger partial charge in [0, 0.05) is 26.7 Å². The SMILES string of the molecule is CC(C)COC1(C)CNCC(C(N)=O)([C@H](C#N)Cc2ccc(-c3ccc4oc(=O)n(C)c4c3)cc2)OC1. The maximum absolute atomic E-state index is 12.7. The molecule has 1 aliphatic heterocycles. The van der Waals surface area contributed by atoms with E-state index in [9.17, 15) is 14.9 Å². The second-order valence-corrected chi connectivity index (χ2v) is 10.5. The normalized spacial score (nSPS) is 23.0. The van der Waals surface area contributed by atoms with Crippen LogP contribution in [0.4, 0.5) is 0 Å². The molecule has 1 aromatic heterocycles. The van der Waals surface area contributed by atoms with E-state index < -0.39 is 28.8 Å². The molecule has 0 spiro atoms. The highest BCUT2D eigenvalue weighted by Gasteiger charge is 2.49. The van der Waals surface area contributed by atoms with E-state index in [4.69, 9.17) is 19.6 Å². The summed E-state index contributed by atoms with van der Waals surface area (Å²) in [5.41, 5.74) is 7.72. The Bertz CT molecular complexity index is 1370. The molecule has 4 rings (SSSR count). The molecule has 9 nitrogen and oxygen atoms in total. The van der Waals surface area contributed by atoms with Gasteiger partial charge in [-0.15, -0.1) is 0 Å². The van der Waals surface area contributed by atoms with Crippen molar-refractivity contribution >= 4 is 17.0 Å². The third-order valence-corrected chi connectivity index (χ3v) is 6.94. The predicted octanol–water partition coefficient (Wildman–Crippen LogP) is 2.76. The maximum Gasteiger partial charge on any atom is 0.419 e. The summed E-state index contributed by atoms with van der Waals surface area (Å²) >= 11 is 0. The Balaban J connectivity index is 1.53. The number of hydrogen-bond donors (Lipinski definition) is 2. The zero-order valence-corrected chi connectivity index (χ0v) is 21.7. The van der Waals surface area contributed by atoms with E-state index in [1.165, 1.54) is 4.57 Å². The molecule has 3 N–H and O–H groups in total. The number of ether oxygens (including phenoxy) is 2. The number of aryl methyl sites for hydroxylation is 1. The van der Waals surface area contributed by atoms with Gasteiger partial charge in [0.2, 0.25) is 0 Å². The van der Waals surface area contributed by atoms with Crippen LogP contribution in [-0.2, 0) is 27.7 Å². The number of rotatable bonds is 8. The molecule has 2 unspecified atom stereocenters. The van der Waals surface area contributed by atoms with Gasteiger partial charge in [0.05, 0.1) is 24.1 Å². The number of nitrogens with one attached hydrogen (secondary N) is 1. The van der Waals surface area contributed by atoms with Crippen molar-refractivity contribution in [2.75, 3.05) is 26.3 Å². The molecule has 1 amide bonds. The van der Waals surface area contributed by atoms with Crippen molar-refractivity contribution in [2.24, 2.45) is 24.6 Å². The first-order valence-electron chi connectivity index (χ1n) is 12.4. The first kappa shape index (κ1) is 26.6. The van der Waals surface area contributed by atoms with Crippen LogP contribution in [0.15, 0.2) is 51.7 Å². The minimum Gasteiger partial charge on any atom is -0.408 e. The van der Waals surface area contributed by atoms with Gasteiger partial charge in [-0.25, -0.2) is 4.79 Å². The van der Waals surface area contributed by atoms with Crippen LogP contribution in [0.3, 0.4) is 0 Å². The Labute approximate surface area is 216 Å². The minimum atomic E-state index is -1.48. The minimum absolute atomic E-state index is 0.128. The van der Waals surface area contributed by atoms with E-state index in [1.807, 2.05) is 43.3 Å². The molecule has 37 heavy (non-hydrogen) atoms. The quantitative estimate of drug-likeness (QED) is 0.480. The average Bonchev–Trinajstić information content (AvgIpc) is 3.04. The second-order valence-electron chi connectivity index (χ2n) is 10.5. The van der Waals surface area contributed by atoms with Crippen LogP contribution in [0.2, 0.25) is 0 Å². The van der Waals surface area contributed by atoms with E-state index in [-0.39, 0.29) is 13.2 Å². The summed E-state index contributed by atoms with van der Waals surface area (Å²) < 4.78 is 18.9. The van der Waals surface area contributed by atoms with E-state index in [0.29, 0.717) is 36.6 Å². The monoisotopic (exact) mass is 506 g/mol. The number of nitrogens with two attached hydrogens (primary N) is 1. The first-order chi connectivity index (χ1) is 17.6. The van der Waals surface area contributed by atoms with Gasteiger partial charge in [0.25, 0.3) is 5.91 Å². The smallest absolute Gasteiger partial charge is 0.408 e. The number of carbonyl (C=O) groups excluding carboxylic acids is 1. The fraction of sp³-hybridized carbons (Fsp3) is 0.464. The highest BCUT2D eigenvalue weighted by Crippen LogP contribution is 2.31. The molecule has 3 atom stereocenters. The Kier molecular flexibility index (Phi) is 7.55. The number of oxazole rings is 1. The number of primary amides is 1. The molecule has 1 aliphatic rings. The number of fused-ring (bicyclic) bond motifs is 1. The molecule has 0 saturated carbocycles. The van der Waals surface area contributed by atoms with Crippen molar-refractivity contribution in [1.29, 1.82) is 5.26 Å². The van der Waals surface area contributed by atoms with Crippen molar-refractivity contribution in [3.05, 3.63) is 58.6 Å². The van der Waals surface area contributed by atoms with Crippen LogP contribution >= 0.6 is 0 Å². The Hall–Kier alpha value is -3.45. The fourth-order valence-corrected chi connectivity index (χ4v) is 4.60. The van der Waals surface area contributed by atoms with E-state index in [1.54, 1.807) is 13.1 Å². The van der Waals surface area contributed by atoms with Crippen LogP contribution in [0.1, 0.15) is 26.3 Å². The average molecular weight is 507 g/mol. The molecule has 2 aromatic carbocycles. The molecule has 0 bridgehead atoms. The van der Waals surface area contributed by atoms with Crippen molar-refractivity contribution in [3.8, 4) is 17.2 Å². The summed E-state index contributed by atoms with van der Waals surface area (Å²) in [4.78, 5) is 24.5. The molecule has 1 fully saturated rings. The van der Waals surface area contributed by atoms with Gasteiger partial charge in [0.15, 0.2) is 11.2 Å². The molecule has 196 valence electrons. The summed E-state index contributed by atoms with van der Waals surface area (Å²) in [7, 11) is 1.67. The molecular formula is C28H34N4O5. The molecule has 0 aliphatic carbocycles. The van der Waals surface area contributed by atoms with Gasteiger partial charge in [-0.1, -0.05) is 44.2 Å². The van der Waals surface area contributed by atoms with E-state index in [0.717, 1.165) is 16.7 Å². The molecule has 9 heteroatoms. The van der Waals surface area contributed by atoms with Gasteiger partial charge >= 0.3 is 5.76 Å². The van der Waals surface area contributed by atoms with Crippen LogP contribution in [-0.4, -0.2) is 48.0 Å². The number of aromatic nitrogens is 1. The van der Waals surface area contributed by atoms with Gasteiger partial charge < -0.3 is 24.9 Å². The van der Waals surface area contributed by atoms with Gasteiger partial charge in [-0.05, 0) is 48.1 Å². The number of carbonyl (C=O) groups is 1. The van der Waals surface area contributed by atoms with Crippen molar-refractivity contribution < 1.29 is 18.7 Å². The number of hydrogen-bond acceptors (Lipinski definition) is 7. The van der Waals surface area contributed by atoms with Gasteiger partial charge in [-0.2, -0.15) is 5.26 Å². The van der Waals surface area contributed by atoms with Crippen LogP contribution < -0.4 is 16.8 Å². The zero-order chi connectivity index (χ0) is 26.8. The fourth-order valence-electron chi connectivity index (χ4n) is 4.60. The Morgan fingerprint density at radius 1 is 1.22 bits per heavy atom. The lowest BCUT2D eigenvalue weighted by Crippen LogP contribution is -2.57. The van der Waals surface area contributed by atoms with Crippen LogP contribution in [0.5, 0.6) is 0 Å². The number of nitrogens with zero attached hydrogens (tertiary/aromatic N) is 2. The van der Waals surface area contributed by atoms with Gasteiger partial charge in [-0.3, -0.25) is 9.36 Å². The zero-order valence-electron chi connectivity index (χ0n) is 21.7. The molecule has 0 radical (unpaired) electrons. The maximum atomic E-state index is 12.7. The predicted molar refractivity (Wildman–Crippen MR) is 140 cm³/mol. The van der Waals surface area contributed by atoms with Crippen molar-refractivity contribution in [2.45, 2.75) is 38.4 Å². The second kappa shape index (κ2) is 10.5. The topological polar surface area (TPSA) is 133 Å². The lowest BCUT2D eigenvalue weighted by atomic mass is 9.82. The Morgan fingerprint density at radius 2 is 1.92 bits per heavy atom. The number of benzene rings is 2. The summed E-state index contributed by atoms with van der Waals surface area (Å²) in [6, 6.07) is 15.6. The summed E-state index contributed by atoms with van der Waals surface area (Å²) in [5.74, 6) is -1.53. The summed E-state index contributed by atoms with van der Waals surface area (Å²) in [6.07, 6.45) is 0.292. The summed E-state index contributed by atoms with van der Waals surface area (Å²) in [5, 5.41) is 13.3. The molecular weight excluding hydrogens is 472 g/mol. The molecule has 1 saturated heterocycles. The van der Waals surface area contributed by atoms with Crippen LogP contribution in [0, 0.1) is 23.2 Å². The lowest BCUT2D eigenvalue weighted by Gasteiger charge is -2.34. The van der Waals surface area contributed by atoms with Crippen molar-refractivity contribution in [3.63, 3.8) is 0 Å². The largest absolute Gasteiger partial charge is 0.419 e. The van der Waals surface area contributed by atoms with E-state index >= 15 is 0 Å². The van der Waals surface area contributed by atoms with Gasteiger partial charge in [0.1, 0.15) is 5.60 Å². The highest BCUT2D eigenvalue weighted by molar-refractivity contribution is 5.85. The number of nitriles is 1. The van der Waals surface area contributed by atoms with E-state index in [2.05, 4.69) is 25.2 Å².